The fourth-order valence-electron chi connectivity index (χ4n) is 2.52. The molecule has 3 rings (SSSR count). The molecule has 1 aromatic carbocycles. The Labute approximate surface area is 145 Å². The molecule has 0 radical (unpaired) electrons. The average molecular weight is 340 g/mol. The lowest BCUT2D eigenvalue weighted by atomic mass is 9.98. The number of amides is 1. The molecule has 124 valence electrons. The van der Waals surface area contributed by atoms with Crippen LogP contribution in [0.1, 0.15) is 58.1 Å². The Kier molecular flexibility index (Phi) is 4.81. The minimum absolute atomic E-state index is 0.205. The monoisotopic (exact) mass is 340 g/mol. The van der Waals surface area contributed by atoms with Gasteiger partial charge in [0.25, 0.3) is 5.91 Å². The summed E-state index contributed by atoms with van der Waals surface area (Å²) < 4.78 is 5.07. The number of carbonyl (C=O) groups is 1. The summed E-state index contributed by atoms with van der Waals surface area (Å²) in [4.78, 5) is 13.6. The molecular weight excluding hydrogens is 320 g/mol. The molecule has 0 aliphatic heterocycles. The van der Waals surface area contributed by atoms with E-state index in [9.17, 15) is 4.79 Å². The van der Waals surface area contributed by atoms with Crippen molar-refractivity contribution < 1.29 is 9.32 Å². The highest BCUT2D eigenvalue weighted by molar-refractivity contribution is 7.10. The molecule has 0 saturated carbocycles. The first-order valence-corrected chi connectivity index (χ1v) is 8.80. The number of rotatable bonds is 5. The van der Waals surface area contributed by atoms with E-state index in [0.29, 0.717) is 11.6 Å². The van der Waals surface area contributed by atoms with Crippen LogP contribution in [0.4, 0.5) is 0 Å². The van der Waals surface area contributed by atoms with Crippen LogP contribution < -0.4 is 5.32 Å². The molecule has 0 spiro atoms. The Morgan fingerprint density at radius 3 is 2.42 bits per heavy atom. The summed E-state index contributed by atoms with van der Waals surface area (Å²) in [7, 11) is 0. The summed E-state index contributed by atoms with van der Waals surface area (Å²) in [5.41, 5.74) is 3.02. The van der Waals surface area contributed by atoms with Gasteiger partial charge < -0.3 is 9.84 Å². The first-order valence-electron chi connectivity index (χ1n) is 7.92. The average Bonchev–Trinajstić information content (AvgIpc) is 3.24. The molecule has 1 amide bonds. The number of thiophene rings is 1. The second kappa shape index (κ2) is 7.01. The molecule has 1 atom stereocenters. The molecule has 4 nitrogen and oxygen atoms in total. The summed E-state index contributed by atoms with van der Waals surface area (Å²) in [5.74, 6) is 0.445. The van der Waals surface area contributed by atoms with Gasteiger partial charge in [0.05, 0.1) is 11.7 Å². The highest BCUT2D eigenvalue weighted by Gasteiger charge is 2.21. The quantitative estimate of drug-likeness (QED) is 0.733. The lowest BCUT2D eigenvalue weighted by molar-refractivity contribution is 0.0906. The first-order chi connectivity index (χ1) is 11.5. The standard InChI is InChI=1S/C19H20N2O2S/c1-12(2)14-6-8-15(9-7-14)18(17-5-4-10-24-17)20-19(22)16-11-13(3)21-23-16/h4-12,18H,1-3H3,(H,20,22). The Morgan fingerprint density at radius 2 is 1.88 bits per heavy atom. The number of nitrogens with one attached hydrogen (secondary N) is 1. The Hall–Kier alpha value is -2.40. The SMILES string of the molecule is Cc1cc(C(=O)NC(c2ccc(C(C)C)cc2)c2cccs2)on1. The van der Waals surface area contributed by atoms with Gasteiger partial charge in [-0.05, 0) is 35.4 Å². The van der Waals surface area contributed by atoms with E-state index in [1.54, 1.807) is 24.3 Å². The summed E-state index contributed by atoms with van der Waals surface area (Å²) in [6, 6.07) is 13.8. The molecule has 1 unspecified atom stereocenters. The molecule has 5 heteroatoms. The van der Waals surface area contributed by atoms with Crippen LogP contribution in [-0.4, -0.2) is 11.1 Å². The molecule has 0 saturated heterocycles. The molecule has 3 aromatic rings. The van der Waals surface area contributed by atoms with E-state index in [1.807, 2.05) is 17.5 Å². The van der Waals surface area contributed by atoms with Crippen LogP contribution in [0.25, 0.3) is 0 Å². The summed E-state index contributed by atoms with van der Waals surface area (Å²) in [6.45, 7) is 6.13. The smallest absolute Gasteiger partial charge is 0.290 e. The predicted octanol–water partition coefficient (Wildman–Crippen LogP) is 4.69. The van der Waals surface area contributed by atoms with Crippen LogP contribution in [-0.2, 0) is 0 Å². The Morgan fingerprint density at radius 1 is 1.17 bits per heavy atom. The highest BCUT2D eigenvalue weighted by Crippen LogP contribution is 2.28. The maximum absolute atomic E-state index is 12.5. The van der Waals surface area contributed by atoms with Crippen molar-refractivity contribution in [1.82, 2.24) is 10.5 Å². The second-order valence-corrected chi connectivity index (χ2v) is 7.06. The summed E-state index contributed by atoms with van der Waals surface area (Å²) in [5, 5.41) is 8.84. The van der Waals surface area contributed by atoms with E-state index in [1.165, 1.54) is 5.56 Å². The number of nitrogens with zero attached hydrogens (tertiary/aromatic N) is 1. The van der Waals surface area contributed by atoms with Crippen LogP contribution >= 0.6 is 11.3 Å². The van der Waals surface area contributed by atoms with Gasteiger partial charge in [0.1, 0.15) is 0 Å². The molecule has 0 fully saturated rings. The van der Waals surface area contributed by atoms with Crippen LogP contribution in [0.3, 0.4) is 0 Å². The van der Waals surface area contributed by atoms with Gasteiger partial charge in [-0.1, -0.05) is 49.3 Å². The fraction of sp³-hybridized carbons (Fsp3) is 0.263. The molecule has 1 N–H and O–H groups in total. The molecular formula is C19H20N2O2S. The number of aryl methyl sites for hydroxylation is 1. The lowest BCUT2D eigenvalue weighted by Crippen LogP contribution is -2.28. The van der Waals surface area contributed by atoms with Gasteiger partial charge in [0.15, 0.2) is 0 Å². The summed E-state index contributed by atoms with van der Waals surface area (Å²) in [6.07, 6.45) is 0. The zero-order valence-electron chi connectivity index (χ0n) is 13.9. The van der Waals surface area contributed by atoms with Crippen molar-refractivity contribution in [2.75, 3.05) is 0 Å². The topological polar surface area (TPSA) is 55.1 Å². The molecule has 2 aromatic heterocycles. The zero-order chi connectivity index (χ0) is 17.1. The summed E-state index contributed by atoms with van der Waals surface area (Å²) >= 11 is 1.62. The third-order valence-electron chi connectivity index (χ3n) is 3.89. The van der Waals surface area contributed by atoms with E-state index < -0.39 is 0 Å². The van der Waals surface area contributed by atoms with Crippen LogP contribution in [0, 0.1) is 6.92 Å². The van der Waals surface area contributed by atoms with Crippen molar-refractivity contribution in [2.24, 2.45) is 0 Å². The second-order valence-electron chi connectivity index (χ2n) is 6.08. The normalized spacial score (nSPS) is 12.3. The van der Waals surface area contributed by atoms with Gasteiger partial charge in [0.2, 0.25) is 5.76 Å². The molecule has 0 aliphatic rings. The maximum atomic E-state index is 12.5. The Balaban J connectivity index is 1.88. The van der Waals surface area contributed by atoms with Crippen molar-refractivity contribution in [3.63, 3.8) is 0 Å². The van der Waals surface area contributed by atoms with Crippen molar-refractivity contribution in [3.05, 3.63) is 75.3 Å². The van der Waals surface area contributed by atoms with E-state index in [0.717, 1.165) is 10.4 Å². The highest BCUT2D eigenvalue weighted by atomic mass is 32.1. The fourth-order valence-corrected chi connectivity index (χ4v) is 3.32. The molecule has 0 aliphatic carbocycles. The van der Waals surface area contributed by atoms with Crippen molar-refractivity contribution >= 4 is 17.2 Å². The van der Waals surface area contributed by atoms with Crippen LogP contribution in [0.5, 0.6) is 0 Å². The van der Waals surface area contributed by atoms with E-state index >= 15 is 0 Å². The van der Waals surface area contributed by atoms with Gasteiger partial charge in [-0.25, -0.2) is 0 Å². The van der Waals surface area contributed by atoms with Gasteiger partial charge >= 0.3 is 0 Å². The maximum Gasteiger partial charge on any atom is 0.290 e. The van der Waals surface area contributed by atoms with Gasteiger partial charge in [-0.15, -0.1) is 11.3 Å². The Bertz CT molecular complexity index is 804. The van der Waals surface area contributed by atoms with Gasteiger partial charge in [0, 0.05) is 10.9 Å². The number of hydrogen-bond donors (Lipinski definition) is 1. The van der Waals surface area contributed by atoms with E-state index in [4.69, 9.17) is 4.52 Å². The lowest BCUT2D eigenvalue weighted by Gasteiger charge is -2.18. The number of aromatic nitrogens is 1. The van der Waals surface area contributed by atoms with Gasteiger partial charge in [-0.3, -0.25) is 4.79 Å². The molecule has 2 heterocycles. The molecule has 0 bridgehead atoms. The molecule has 24 heavy (non-hydrogen) atoms. The largest absolute Gasteiger partial charge is 0.351 e. The number of carbonyl (C=O) groups excluding carboxylic acids is 1. The van der Waals surface area contributed by atoms with Crippen molar-refractivity contribution in [3.8, 4) is 0 Å². The minimum Gasteiger partial charge on any atom is -0.351 e. The number of hydrogen-bond acceptors (Lipinski definition) is 4. The first kappa shape index (κ1) is 16.5. The van der Waals surface area contributed by atoms with Crippen molar-refractivity contribution in [1.29, 1.82) is 0 Å². The van der Waals surface area contributed by atoms with E-state index in [-0.39, 0.29) is 17.7 Å². The predicted molar refractivity (Wildman–Crippen MR) is 95.4 cm³/mol. The van der Waals surface area contributed by atoms with Gasteiger partial charge in [-0.2, -0.15) is 0 Å². The van der Waals surface area contributed by atoms with E-state index in [2.05, 4.69) is 48.6 Å². The third-order valence-corrected chi connectivity index (χ3v) is 4.83. The van der Waals surface area contributed by atoms with Crippen molar-refractivity contribution in [2.45, 2.75) is 32.7 Å². The minimum atomic E-state index is -0.262. The zero-order valence-corrected chi connectivity index (χ0v) is 14.8. The van der Waals surface area contributed by atoms with Crippen LogP contribution in [0.2, 0.25) is 0 Å². The number of benzene rings is 1. The third kappa shape index (κ3) is 3.57. The van der Waals surface area contributed by atoms with Crippen LogP contribution in [0.15, 0.2) is 52.4 Å².